The van der Waals surface area contributed by atoms with Crippen molar-refractivity contribution in [2.24, 2.45) is 11.7 Å². The predicted octanol–water partition coefficient (Wildman–Crippen LogP) is 2.53. The fraction of sp³-hybridized carbons (Fsp3) is 0.368. The van der Waals surface area contributed by atoms with Gasteiger partial charge in [-0.25, -0.2) is 15.0 Å². The van der Waals surface area contributed by atoms with E-state index >= 15 is 0 Å². The number of aryl methyl sites for hydroxylation is 2. The highest BCUT2D eigenvalue weighted by atomic mass is 15.1. The Morgan fingerprint density at radius 3 is 2.76 bits per heavy atom. The molecule has 0 atom stereocenters. The molecule has 0 spiro atoms. The minimum atomic E-state index is -0.546. The molecule has 0 bridgehead atoms. The quantitative estimate of drug-likeness (QED) is 0.779. The summed E-state index contributed by atoms with van der Waals surface area (Å²) in [5.74, 6) is 1.84. The second kappa shape index (κ2) is 5.11. The second-order valence-electron chi connectivity index (χ2n) is 7.17. The van der Waals surface area contributed by atoms with E-state index < -0.39 is 5.54 Å². The van der Waals surface area contributed by atoms with Crippen molar-refractivity contribution in [3.8, 4) is 17.2 Å². The molecule has 25 heavy (non-hydrogen) atoms. The maximum Gasteiger partial charge on any atom is 0.148 e. The van der Waals surface area contributed by atoms with E-state index in [1.165, 1.54) is 17.8 Å². The molecule has 0 radical (unpaired) electrons. The Morgan fingerprint density at radius 1 is 1.20 bits per heavy atom. The number of hydrogen-bond donors (Lipinski definition) is 1. The van der Waals surface area contributed by atoms with E-state index in [9.17, 15) is 0 Å². The maximum atomic E-state index is 8.94. The van der Waals surface area contributed by atoms with E-state index in [1.807, 2.05) is 12.4 Å². The summed E-state index contributed by atoms with van der Waals surface area (Å²) in [6, 6.07) is 8.56. The zero-order valence-electron chi connectivity index (χ0n) is 13.8. The van der Waals surface area contributed by atoms with Crippen LogP contribution in [0.5, 0.6) is 0 Å². The van der Waals surface area contributed by atoms with Crippen molar-refractivity contribution >= 4 is 11.0 Å². The molecule has 1 fully saturated rings. The lowest BCUT2D eigenvalue weighted by molar-refractivity contribution is 0.181. The molecule has 1 aliphatic carbocycles. The molecule has 0 amide bonds. The Balaban J connectivity index is 1.48. The monoisotopic (exact) mass is 330 g/mol. The molecule has 6 heteroatoms. The van der Waals surface area contributed by atoms with Gasteiger partial charge in [0.1, 0.15) is 11.6 Å². The van der Waals surface area contributed by atoms with Crippen LogP contribution in [0, 0.1) is 17.2 Å². The third-order valence-corrected chi connectivity index (χ3v) is 5.44. The first-order valence-corrected chi connectivity index (χ1v) is 8.67. The Hall–Kier alpha value is -2.78. The number of aromatic nitrogens is 4. The third-order valence-electron chi connectivity index (χ3n) is 5.44. The number of hydrogen-bond acceptors (Lipinski definition) is 5. The van der Waals surface area contributed by atoms with Gasteiger partial charge in [0.25, 0.3) is 0 Å². The first-order chi connectivity index (χ1) is 12.2. The van der Waals surface area contributed by atoms with Gasteiger partial charge in [-0.2, -0.15) is 5.26 Å². The number of imidazole rings is 1. The van der Waals surface area contributed by atoms with Gasteiger partial charge >= 0.3 is 0 Å². The maximum absolute atomic E-state index is 8.94. The van der Waals surface area contributed by atoms with Gasteiger partial charge in [-0.3, -0.25) is 0 Å². The summed E-state index contributed by atoms with van der Waals surface area (Å²) < 4.78 is 2.30. The topological polar surface area (TPSA) is 93.4 Å². The zero-order chi connectivity index (χ0) is 17.0. The highest BCUT2D eigenvalue weighted by Gasteiger charge is 2.44. The van der Waals surface area contributed by atoms with Gasteiger partial charge in [-0.1, -0.05) is 6.07 Å². The van der Waals surface area contributed by atoms with Gasteiger partial charge in [0.15, 0.2) is 0 Å². The minimum absolute atomic E-state index is 0.0274. The van der Waals surface area contributed by atoms with Crippen LogP contribution in [0.4, 0.5) is 0 Å². The smallest absolute Gasteiger partial charge is 0.148 e. The van der Waals surface area contributed by atoms with Crippen LogP contribution in [0.2, 0.25) is 0 Å². The first kappa shape index (κ1) is 14.6. The van der Waals surface area contributed by atoms with Gasteiger partial charge in [-0.15, -0.1) is 0 Å². The Bertz CT molecular complexity index is 1000. The fourth-order valence-corrected chi connectivity index (χ4v) is 4.02. The second-order valence-corrected chi connectivity index (χ2v) is 7.17. The Labute approximate surface area is 145 Å². The van der Waals surface area contributed by atoms with E-state index in [2.05, 4.69) is 38.8 Å². The van der Waals surface area contributed by atoms with Crippen molar-refractivity contribution < 1.29 is 0 Å². The van der Waals surface area contributed by atoms with Gasteiger partial charge in [0, 0.05) is 30.9 Å². The third kappa shape index (κ3) is 2.16. The average molecular weight is 330 g/mol. The van der Waals surface area contributed by atoms with Gasteiger partial charge in [0.2, 0.25) is 0 Å². The number of fused-ring (bicyclic) bond motifs is 3. The van der Waals surface area contributed by atoms with Crippen LogP contribution in [0.25, 0.3) is 22.2 Å². The average Bonchev–Trinajstić information content (AvgIpc) is 3.20. The molecular formula is C19H18N6. The van der Waals surface area contributed by atoms with Crippen LogP contribution in [0.3, 0.4) is 0 Å². The predicted molar refractivity (Wildman–Crippen MR) is 93.3 cm³/mol. The highest BCUT2D eigenvalue weighted by molar-refractivity contribution is 5.82. The largest absolute Gasteiger partial charge is 0.328 e. The van der Waals surface area contributed by atoms with Crippen molar-refractivity contribution in [3.63, 3.8) is 0 Å². The molecule has 2 aromatic heterocycles. The summed E-state index contributed by atoms with van der Waals surface area (Å²) in [6.45, 7) is 1.04. The van der Waals surface area contributed by atoms with Gasteiger partial charge in [0.05, 0.1) is 28.6 Å². The van der Waals surface area contributed by atoms with Gasteiger partial charge < -0.3 is 10.3 Å². The van der Waals surface area contributed by atoms with Crippen LogP contribution >= 0.6 is 0 Å². The molecule has 2 N–H and O–H groups in total. The van der Waals surface area contributed by atoms with Crippen LogP contribution in [0.1, 0.15) is 30.9 Å². The van der Waals surface area contributed by atoms with Crippen molar-refractivity contribution in [1.29, 1.82) is 5.26 Å². The highest BCUT2D eigenvalue weighted by Crippen LogP contribution is 2.41. The molecule has 5 rings (SSSR count). The van der Waals surface area contributed by atoms with Gasteiger partial charge in [-0.05, 0) is 37.0 Å². The van der Waals surface area contributed by atoms with E-state index in [4.69, 9.17) is 16.0 Å². The lowest BCUT2D eigenvalue weighted by Crippen LogP contribution is -2.49. The summed E-state index contributed by atoms with van der Waals surface area (Å²) in [5, 5.41) is 8.94. The standard InChI is InChI=1S/C19H18N6/c20-9-12-7-19(21,8-12)18-22-10-14(11-23-18)13-3-4-15-16(6-13)25-5-1-2-17(25)24-15/h3-4,6,10-12H,1-2,5,7-8,21H2. The molecule has 6 nitrogen and oxygen atoms in total. The van der Waals surface area contributed by atoms with Crippen LogP contribution < -0.4 is 5.73 Å². The summed E-state index contributed by atoms with van der Waals surface area (Å²) in [6.07, 6.45) is 7.17. The molecule has 1 saturated carbocycles. The summed E-state index contributed by atoms with van der Waals surface area (Å²) >= 11 is 0. The Kier molecular flexibility index (Phi) is 2.97. The fourth-order valence-electron chi connectivity index (χ4n) is 4.02. The first-order valence-electron chi connectivity index (χ1n) is 8.67. The number of nitrogens with zero attached hydrogens (tertiary/aromatic N) is 5. The lowest BCUT2D eigenvalue weighted by Gasteiger charge is -2.40. The van der Waals surface area contributed by atoms with Crippen LogP contribution in [0.15, 0.2) is 30.6 Å². The molecular weight excluding hydrogens is 312 g/mol. The molecule has 3 aromatic rings. The summed E-state index contributed by atoms with van der Waals surface area (Å²) in [7, 11) is 0. The zero-order valence-corrected chi connectivity index (χ0v) is 13.8. The molecule has 1 aromatic carbocycles. The number of benzene rings is 1. The molecule has 124 valence electrons. The van der Waals surface area contributed by atoms with Crippen LogP contribution in [-0.4, -0.2) is 19.5 Å². The summed E-state index contributed by atoms with van der Waals surface area (Å²) in [4.78, 5) is 13.7. The minimum Gasteiger partial charge on any atom is -0.328 e. The molecule has 1 aliphatic heterocycles. The van der Waals surface area contributed by atoms with Crippen molar-refractivity contribution in [2.45, 2.75) is 37.8 Å². The van der Waals surface area contributed by atoms with E-state index in [0.29, 0.717) is 18.7 Å². The van der Waals surface area contributed by atoms with Crippen molar-refractivity contribution in [1.82, 2.24) is 19.5 Å². The SMILES string of the molecule is N#CC1CC(N)(c2ncc(-c3ccc4nc5n(c4c3)CCC5)cn2)C1. The van der Waals surface area contributed by atoms with Crippen molar-refractivity contribution in [2.75, 3.05) is 0 Å². The Morgan fingerprint density at radius 2 is 2.00 bits per heavy atom. The van der Waals surface area contributed by atoms with E-state index in [-0.39, 0.29) is 5.92 Å². The van der Waals surface area contributed by atoms with Crippen molar-refractivity contribution in [3.05, 3.63) is 42.2 Å². The van der Waals surface area contributed by atoms with E-state index in [1.54, 1.807) is 0 Å². The number of nitrogens with two attached hydrogens (primary N) is 1. The van der Waals surface area contributed by atoms with Crippen LogP contribution in [-0.2, 0) is 18.5 Å². The number of rotatable bonds is 2. The molecule has 0 unspecified atom stereocenters. The lowest BCUT2D eigenvalue weighted by atomic mass is 9.69. The normalized spacial score (nSPS) is 24.7. The van der Waals surface area contributed by atoms with E-state index in [0.717, 1.165) is 29.6 Å². The number of nitriles is 1. The molecule has 3 heterocycles. The molecule has 2 aliphatic rings. The molecule has 0 saturated heterocycles. The summed E-state index contributed by atoms with van der Waals surface area (Å²) in [5.41, 5.74) is 10.1.